The lowest BCUT2D eigenvalue weighted by Crippen LogP contribution is -2.43. The van der Waals surface area contributed by atoms with E-state index in [9.17, 15) is 4.79 Å². The Balaban J connectivity index is 1.67. The Hall–Kier alpha value is -0.940. The Bertz CT molecular complexity index is 401. The lowest BCUT2D eigenvalue weighted by atomic mass is 10.1. The van der Waals surface area contributed by atoms with Crippen LogP contribution in [0.1, 0.15) is 11.5 Å². The average molecular weight is 268 g/mol. The number of hydrogen-bond donors (Lipinski definition) is 1. The van der Waals surface area contributed by atoms with E-state index in [0.717, 1.165) is 36.3 Å². The third-order valence-corrected chi connectivity index (χ3v) is 4.22. The van der Waals surface area contributed by atoms with Crippen LogP contribution in [0.2, 0.25) is 0 Å². The Labute approximate surface area is 112 Å². The highest BCUT2D eigenvalue weighted by Gasteiger charge is 2.17. The van der Waals surface area contributed by atoms with E-state index in [4.69, 9.17) is 4.42 Å². The molecule has 0 aromatic carbocycles. The number of aryl methyl sites for hydroxylation is 1. The third kappa shape index (κ3) is 3.78. The molecule has 2 heterocycles. The summed E-state index contributed by atoms with van der Waals surface area (Å²) in [5.74, 6) is 4.29. The summed E-state index contributed by atoms with van der Waals surface area (Å²) in [7, 11) is 1.83. The molecule has 5 heteroatoms. The van der Waals surface area contributed by atoms with Crippen LogP contribution in [0.15, 0.2) is 16.5 Å². The second kappa shape index (κ2) is 6.29. The van der Waals surface area contributed by atoms with Gasteiger partial charge in [-0.2, -0.15) is 11.8 Å². The van der Waals surface area contributed by atoms with Crippen LogP contribution in [-0.2, 0) is 11.3 Å². The van der Waals surface area contributed by atoms with E-state index in [-0.39, 0.29) is 5.91 Å². The number of amides is 1. The minimum Gasteiger partial charge on any atom is -0.464 e. The summed E-state index contributed by atoms with van der Waals surface area (Å²) in [6.07, 6.45) is 0. The second-order valence-electron chi connectivity index (χ2n) is 4.80. The first-order valence-electron chi connectivity index (χ1n) is 6.23. The van der Waals surface area contributed by atoms with E-state index in [0.29, 0.717) is 12.3 Å². The van der Waals surface area contributed by atoms with Crippen molar-refractivity contribution in [3.05, 3.63) is 23.7 Å². The van der Waals surface area contributed by atoms with E-state index in [1.54, 1.807) is 16.7 Å². The Kier molecular flexibility index (Phi) is 4.72. The zero-order chi connectivity index (χ0) is 13.0. The zero-order valence-electron chi connectivity index (χ0n) is 10.9. The van der Waals surface area contributed by atoms with E-state index in [1.807, 2.05) is 26.1 Å². The molecule has 0 spiro atoms. The molecule has 0 saturated carbocycles. The molecule has 1 saturated heterocycles. The normalized spacial score (nSPS) is 15.4. The second-order valence-corrected chi connectivity index (χ2v) is 5.83. The maximum absolute atomic E-state index is 11.9. The van der Waals surface area contributed by atoms with Gasteiger partial charge in [0, 0.05) is 7.05 Å². The van der Waals surface area contributed by atoms with Gasteiger partial charge in [-0.3, -0.25) is 4.79 Å². The SMILES string of the molecule is Cc1ccc(CN(C)C(=O)CSCC2CNC2)o1. The fourth-order valence-corrected chi connectivity index (χ4v) is 2.86. The third-order valence-electron chi connectivity index (χ3n) is 3.06. The minimum absolute atomic E-state index is 0.168. The lowest BCUT2D eigenvalue weighted by Gasteiger charge is -2.26. The topological polar surface area (TPSA) is 45.5 Å². The predicted octanol–water partition coefficient (Wildman–Crippen LogP) is 1.50. The number of carbonyl (C=O) groups is 1. The molecule has 0 atom stereocenters. The highest BCUT2D eigenvalue weighted by Crippen LogP contribution is 2.14. The highest BCUT2D eigenvalue weighted by molar-refractivity contribution is 7.99. The van der Waals surface area contributed by atoms with Gasteiger partial charge in [0.1, 0.15) is 11.5 Å². The van der Waals surface area contributed by atoms with Crippen molar-refractivity contribution < 1.29 is 9.21 Å². The van der Waals surface area contributed by atoms with E-state index in [1.165, 1.54) is 0 Å². The molecular formula is C13H20N2O2S. The van der Waals surface area contributed by atoms with Crippen LogP contribution in [-0.4, -0.2) is 42.4 Å². The molecule has 1 aromatic rings. The van der Waals surface area contributed by atoms with Gasteiger partial charge in [0.2, 0.25) is 5.91 Å². The van der Waals surface area contributed by atoms with Crippen LogP contribution in [0, 0.1) is 12.8 Å². The molecule has 2 rings (SSSR count). The highest BCUT2D eigenvalue weighted by atomic mass is 32.2. The lowest BCUT2D eigenvalue weighted by molar-refractivity contribution is -0.127. The van der Waals surface area contributed by atoms with Crippen LogP contribution < -0.4 is 5.32 Å². The number of nitrogens with one attached hydrogen (secondary N) is 1. The van der Waals surface area contributed by atoms with E-state index in [2.05, 4.69) is 5.32 Å². The summed E-state index contributed by atoms with van der Waals surface area (Å²) in [4.78, 5) is 13.6. The molecule has 0 unspecified atom stereocenters. The van der Waals surface area contributed by atoms with Gasteiger partial charge < -0.3 is 14.6 Å². The molecular weight excluding hydrogens is 248 g/mol. The summed E-state index contributed by atoms with van der Waals surface area (Å²) < 4.78 is 5.46. The maximum Gasteiger partial charge on any atom is 0.232 e. The molecule has 18 heavy (non-hydrogen) atoms. The molecule has 0 bridgehead atoms. The van der Waals surface area contributed by atoms with Crippen molar-refractivity contribution in [2.24, 2.45) is 5.92 Å². The molecule has 4 nitrogen and oxygen atoms in total. The van der Waals surface area contributed by atoms with Crippen LogP contribution >= 0.6 is 11.8 Å². The van der Waals surface area contributed by atoms with Crippen molar-refractivity contribution in [1.82, 2.24) is 10.2 Å². The fraction of sp³-hybridized carbons (Fsp3) is 0.615. The summed E-state index contributed by atoms with van der Waals surface area (Å²) in [6.45, 7) is 4.66. The van der Waals surface area contributed by atoms with Gasteiger partial charge in [-0.25, -0.2) is 0 Å². The molecule has 0 aliphatic carbocycles. The quantitative estimate of drug-likeness (QED) is 0.849. The van der Waals surface area contributed by atoms with Gasteiger partial charge in [-0.05, 0) is 43.8 Å². The van der Waals surface area contributed by atoms with Crippen LogP contribution in [0.3, 0.4) is 0 Å². The molecule has 1 amide bonds. The molecule has 1 fully saturated rings. The summed E-state index contributed by atoms with van der Waals surface area (Å²) in [5.41, 5.74) is 0. The predicted molar refractivity (Wildman–Crippen MR) is 73.6 cm³/mol. The zero-order valence-corrected chi connectivity index (χ0v) is 11.8. The number of furan rings is 1. The van der Waals surface area contributed by atoms with Gasteiger partial charge in [0.05, 0.1) is 12.3 Å². The van der Waals surface area contributed by atoms with Gasteiger partial charge in [0.15, 0.2) is 0 Å². The summed E-state index contributed by atoms with van der Waals surface area (Å²) in [6, 6.07) is 3.85. The first kappa shape index (κ1) is 13.5. The number of rotatable bonds is 6. The molecule has 1 aromatic heterocycles. The number of carbonyl (C=O) groups excluding carboxylic acids is 1. The van der Waals surface area contributed by atoms with Crippen molar-refractivity contribution in [1.29, 1.82) is 0 Å². The maximum atomic E-state index is 11.9. The first-order chi connectivity index (χ1) is 8.65. The van der Waals surface area contributed by atoms with Crippen molar-refractivity contribution in [2.45, 2.75) is 13.5 Å². The smallest absolute Gasteiger partial charge is 0.232 e. The molecule has 1 aliphatic rings. The average Bonchev–Trinajstić information content (AvgIpc) is 2.67. The Morgan fingerprint density at radius 1 is 1.56 bits per heavy atom. The molecule has 1 aliphatic heterocycles. The van der Waals surface area contributed by atoms with E-state index >= 15 is 0 Å². The van der Waals surface area contributed by atoms with Crippen molar-refractivity contribution in [3.63, 3.8) is 0 Å². The monoisotopic (exact) mass is 268 g/mol. The van der Waals surface area contributed by atoms with E-state index < -0.39 is 0 Å². The standard InChI is InChI=1S/C13H20N2O2S/c1-10-3-4-12(17-10)7-15(2)13(16)9-18-8-11-5-14-6-11/h3-4,11,14H,5-9H2,1-2H3. The van der Waals surface area contributed by atoms with Gasteiger partial charge in [0.25, 0.3) is 0 Å². The van der Waals surface area contributed by atoms with Gasteiger partial charge >= 0.3 is 0 Å². The Morgan fingerprint density at radius 3 is 2.89 bits per heavy atom. The number of hydrogen-bond acceptors (Lipinski definition) is 4. The van der Waals surface area contributed by atoms with Gasteiger partial charge in [-0.1, -0.05) is 0 Å². The summed E-state index contributed by atoms with van der Waals surface area (Å²) in [5, 5.41) is 3.24. The van der Waals surface area contributed by atoms with Crippen LogP contribution in [0.4, 0.5) is 0 Å². The minimum atomic E-state index is 0.168. The largest absolute Gasteiger partial charge is 0.464 e. The molecule has 0 radical (unpaired) electrons. The Morgan fingerprint density at radius 2 is 2.33 bits per heavy atom. The van der Waals surface area contributed by atoms with Gasteiger partial charge in [-0.15, -0.1) is 0 Å². The van der Waals surface area contributed by atoms with Crippen LogP contribution in [0.25, 0.3) is 0 Å². The molecule has 100 valence electrons. The van der Waals surface area contributed by atoms with Crippen molar-refractivity contribution in [3.8, 4) is 0 Å². The first-order valence-corrected chi connectivity index (χ1v) is 7.38. The fourth-order valence-electron chi connectivity index (χ4n) is 1.78. The van der Waals surface area contributed by atoms with Crippen molar-refractivity contribution in [2.75, 3.05) is 31.6 Å². The van der Waals surface area contributed by atoms with Crippen molar-refractivity contribution >= 4 is 17.7 Å². The molecule has 1 N–H and O–H groups in total. The number of thioether (sulfide) groups is 1. The van der Waals surface area contributed by atoms with Crippen LogP contribution in [0.5, 0.6) is 0 Å². The number of nitrogens with zero attached hydrogens (tertiary/aromatic N) is 1. The summed E-state index contributed by atoms with van der Waals surface area (Å²) >= 11 is 1.73.